The second-order valence-corrected chi connectivity index (χ2v) is 6.09. The quantitative estimate of drug-likeness (QED) is 0.460. The molecular formula is C17H13F4N3OS. The van der Waals surface area contributed by atoms with Crippen LogP contribution in [0.3, 0.4) is 0 Å². The third-order valence-electron chi connectivity index (χ3n) is 3.49. The summed E-state index contributed by atoms with van der Waals surface area (Å²) in [6.45, 7) is 0. The number of alkyl halides is 3. The molecule has 0 fully saturated rings. The molecule has 3 aromatic rings. The molecular weight excluding hydrogens is 370 g/mol. The second kappa shape index (κ2) is 7.28. The fourth-order valence-electron chi connectivity index (χ4n) is 2.21. The molecule has 0 aliphatic carbocycles. The molecule has 0 radical (unpaired) electrons. The Hall–Kier alpha value is -2.68. The number of aromatic amines is 1. The van der Waals surface area contributed by atoms with Crippen LogP contribution in [0.2, 0.25) is 0 Å². The Balaban J connectivity index is 1.75. The molecule has 0 spiro atoms. The summed E-state index contributed by atoms with van der Waals surface area (Å²) in [5.74, 6) is -0.235. The first kappa shape index (κ1) is 18.1. The summed E-state index contributed by atoms with van der Waals surface area (Å²) >= 11 is 1.11. The number of halogens is 4. The average molecular weight is 383 g/mol. The molecule has 0 atom stereocenters. The Labute approximate surface area is 150 Å². The number of hydrogen-bond acceptors (Lipinski definition) is 4. The van der Waals surface area contributed by atoms with Gasteiger partial charge in [0.15, 0.2) is 11.6 Å². The third kappa shape index (κ3) is 3.93. The number of benzene rings is 1. The van der Waals surface area contributed by atoms with Gasteiger partial charge in [0.25, 0.3) is 0 Å². The van der Waals surface area contributed by atoms with Crippen LogP contribution in [-0.4, -0.2) is 17.1 Å². The number of rotatable bonds is 5. The first-order chi connectivity index (χ1) is 12.4. The van der Waals surface area contributed by atoms with Crippen LogP contribution in [0.1, 0.15) is 5.56 Å². The van der Waals surface area contributed by atoms with Gasteiger partial charge in [-0.1, -0.05) is 12.1 Å². The van der Waals surface area contributed by atoms with Crippen molar-refractivity contribution in [3.63, 3.8) is 0 Å². The molecule has 9 heteroatoms. The minimum Gasteiger partial charge on any atom is -0.493 e. The van der Waals surface area contributed by atoms with Crippen molar-refractivity contribution in [1.82, 2.24) is 9.97 Å². The van der Waals surface area contributed by atoms with Gasteiger partial charge in [-0.05, 0) is 36.2 Å². The van der Waals surface area contributed by atoms with E-state index in [2.05, 4.69) is 14.7 Å². The Morgan fingerprint density at radius 2 is 1.96 bits per heavy atom. The van der Waals surface area contributed by atoms with Crippen LogP contribution >= 0.6 is 11.9 Å². The van der Waals surface area contributed by atoms with Gasteiger partial charge in [-0.15, -0.1) is 0 Å². The minimum absolute atomic E-state index is 0.0304. The smallest absolute Gasteiger partial charge is 0.418 e. The first-order valence-electron chi connectivity index (χ1n) is 7.36. The molecule has 0 amide bonds. The van der Waals surface area contributed by atoms with Crippen LogP contribution in [0, 0.1) is 5.82 Å². The van der Waals surface area contributed by atoms with Crippen molar-refractivity contribution in [3.8, 4) is 17.0 Å². The van der Waals surface area contributed by atoms with E-state index in [1.54, 1.807) is 30.5 Å². The number of aromatic nitrogens is 2. The lowest BCUT2D eigenvalue weighted by Crippen LogP contribution is -2.07. The zero-order valence-electron chi connectivity index (χ0n) is 13.4. The zero-order chi connectivity index (χ0) is 18.7. The van der Waals surface area contributed by atoms with Crippen LogP contribution in [-0.2, 0) is 6.18 Å². The van der Waals surface area contributed by atoms with E-state index < -0.39 is 11.7 Å². The summed E-state index contributed by atoms with van der Waals surface area (Å²) in [5, 5.41) is 0. The van der Waals surface area contributed by atoms with E-state index in [1.165, 1.54) is 13.2 Å². The maximum absolute atomic E-state index is 13.8. The molecule has 4 nitrogen and oxygen atoms in total. The molecule has 0 saturated heterocycles. The number of anilines is 1. The second-order valence-electron chi connectivity index (χ2n) is 5.21. The summed E-state index contributed by atoms with van der Waals surface area (Å²) in [6, 6.07) is 8.91. The van der Waals surface area contributed by atoms with E-state index in [-0.39, 0.29) is 17.4 Å². The molecule has 136 valence electrons. The SMILES string of the molecule is COc1cc(C(F)(F)F)cnc1NSc1c[nH]c(-c2ccccc2F)c1. The van der Waals surface area contributed by atoms with Crippen LogP contribution in [0.25, 0.3) is 11.3 Å². The van der Waals surface area contributed by atoms with Gasteiger partial charge < -0.3 is 14.4 Å². The first-order valence-corrected chi connectivity index (χ1v) is 8.17. The third-order valence-corrected chi connectivity index (χ3v) is 4.25. The van der Waals surface area contributed by atoms with Gasteiger partial charge in [-0.25, -0.2) is 9.37 Å². The van der Waals surface area contributed by atoms with Crippen LogP contribution in [0.5, 0.6) is 5.75 Å². The van der Waals surface area contributed by atoms with Gasteiger partial charge in [0.1, 0.15) is 5.82 Å². The number of pyridine rings is 1. The van der Waals surface area contributed by atoms with Crippen molar-refractivity contribution in [2.75, 3.05) is 11.8 Å². The highest BCUT2D eigenvalue weighted by molar-refractivity contribution is 8.00. The molecule has 2 heterocycles. The maximum atomic E-state index is 13.8. The molecule has 2 N–H and O–H groups in total. The fraction of sp³-hybridized carbons (Fsp3) is 0.118. The van der Waals surface area contributed by atoms with E-state index in [9.17, 15) is 17.6 Å². The maximum Gasteiger partial charge on any atom is 0.418 e. The molecule has 1 aromatic carbocycles. The average Bonchev–Trinajstić information content (AvgIpc) is 3.08. The predicted octanol–water partition coefficient (Wildman–Crippen LogP) is 5.36. The molecule has 0 aliphatic rings. The van der Waals surface area contributed by atoms with Crippen LogP contribution in [0.15, 0.2) is 53.7 Å². The van der Waals surface area contributed by atoms with E-state index >= 15 is 0 Å². The summed E-state index contributed by atoms with van der Waals surface area (Å²) in [5.41, 5.74) is 0.109. The van der Waals surface area contributed by atoms with E-state index in [0.29, 0.717) is 16.2 Å². The van der Waals surface area contributed by atoms with E-state index in [0.717, 1.165) is 24.2 Å². The normalized spacial score (nSPS) is 11.4. The van der Waals surface area contributed by atoms with Crippen molar-refractivity contribution in [2.45, 2.75) is 11.1 Å². The van der Waals surface area contributed by atoms with E-state index in [1.807, 2.05) is 0 Å². The van der Waals surface area contributed by atoms with Crippen molar-refractivity contribution >= 4 is 17.8 Å². The van der Waals surface area contributed by atoms with Crippen molar-refractivity contribution in [1.29, 1.82) is 0 Å². The van der Waals surface area contributed by atoms with Gasteiger partial charge in [-0.3, -0.25) is 0 Å². The monoisotopic (exact) mass is 383 g/mol. The van der Waals surface area contributed by atoms with Crippen LogP contribution in [0.4, 0.5) is 23.4 Å². The summed E-state index contributed by atoms with van der Waals surface area (Å²) in [4.78, 5) is 7.42. The van der Waals surface area contributed by atoms with Gasteiger partial charge >= 0.3 is 6.18 Å². The van der Waals surface area contributed by atoms with Crippen molar-refractivity contribution in [2.24, 2.45) is 0 Å². The Morgan fingerprint density at radius 3 is 2.65 bits per heavy atom. The molecule has 3 rings (SSSR count). The lowest BCUT2D eigenvalue weighted by Gasteiger charge is -2.12. The molecule has 0 saturated carbocycles. The predicted molar refractivity (Wildman–Crippen MR) is 91.5 cm³/mol. The largest absolute Gasteiger partial charge is 0.493 e. The highest BCUT2D eigenvalue weighted by atomic mass is 32.2. The number of H-pyrrole nitrogens is 1. The van der Waals surface area contributed by atoms with Gasteiger partial charge in [0, 0.05) is 28.5 Å². The Bertz CT molecular complexity index is 911. The number of nitrogens with zero attached hydrogens (tertiary/aromatic N) is 1. The Kier molecular flexibility index (Phi) is 5.08. The highest BCUT2D eigenvalue weighted by Gasteiger charge is 2.32. The molecule has 2 aromatic heterocycles. The molecule has 0 bridgehead atoms. The lowest BCUT2D eigenvalue weighted by molar-refractivity contribution is -0.137. The summed E-state index contributed by atoms with van der Waals surface area (Å²) in [7, 11) is 1.26. The number of nitrogens with one attached hydrogen (secondary N) is 2. The molecule has 0 aliphatic heterocycles. The van der Waals surface area contributed by atoms with Crippen LogP contribution < -0.4 is 9.46 Å². The highest BCUT2D eigenvalue weighted by Crippen LogP contribution is 2.35. The van der Waals surface area contributed by atoms with Gasteiger partial charge in [0.05, 0.1) is 12.7 Å². The standard InChI is InChI=1S/C17H13F4N3OS/c1-25-15-6-10(17(19,20)21)8-23-16(15)24-26-11-7-14(22-9-11)12-4-2-3-5-13(12)18/h2-9,22H,1H3,(H,23,24). The zero-order valence-corrected chi connectivity index (χ0v) is 14.2. The van der Waals surface area contributed by atoms with Crippen molar-refractivity contribution < 1.29 is 22.3 Å². The fourth-order valence-corrected chi connectivity index (χ4v) is 2.87. The van der Waals surface area contributed by atoms with Gasteiger partial charge in [-0.2, -0.15) is 13.2 Å². The van der Waals surface area contributed by atoms with Gasteiger partial charge in [0.2, 0.25) is 0 Å². The summed E-state index contributed by atoms with van der Waals surface area (Å²) in [6.07, 6.45) is -2.12. The van der Waals surface area contributed by atoms with Crippen molar-refractivity contribution in [3.05, 3.63) is 60.2 Å². The molecule has 26 heavy (non-hydrogen) atoms. The number of ether oxygens (including phenoxy) is 1. The number of methoxy groups -OCH3 is 1. The lowest BCUT2D eigenvalue weighted by atomic mass is 10.1. The molecule has 0 unspecified atom stereocenters. The van der Waals surface area contributed by atoms with E-state index in [4.69, 9.17) is 4.74 Å². The summed E-state index contributed by atoms with van der Waals surface area (Å²) < 4.78 is 59.8. The minimum atomic E-state index is -4.50. The Morgan fingerprint density at radius 1 is 1.19 bits per heavy atom. The topological polar surface area (TPSA) is 49.9 Å². The number of hydrogen-bond donors (Lipinski definition) is 2.